The number of ether oxygens (including phenoxy) is 2. The Morgan fingerprint density at radius 2 is 1.89 bits per heavy atom. The van der Waals surface area contributed by atoms with Crippen LogP contribution < -0.4 is 10.4 Å². The molecule has 1 fully saturated rings. The topological polar surface area (TPSA) is 132 Å². The van der Waals surface area contributed by atoms with Crippen molar-refractivity contribution in [3.63, 3.8) is 0 Å². The van der Waals surface area contributed by atoms with E-state index in [4.69, 9.17) is 13.8 Å². The molecule has 0 aromatic heterocycles. The van der Waals surface area contributed by atoms with Crippen molar-refractivity contribution in [2.75, 3.05) is 27.4 Å². The van der Waals surface area contributed by atoms with Crippen LogP contribution in [-0.2, 0) is 32.9 Å². The average Bonchev–Trinajstić information content (AvgIpc) is 2.61. The third-order valence-corrected chi connectivity index (χ3v) is 5.95. The zero-order chi connectivity index (χ0) is 20.8. The maximum atomic E-state index is 12.5. The van der Waals surface area contributed by atoms with E-state index in [1.807, 2.05) is 0 Å². The first-order valence-electron chi connectivity index (χ1n) is 8.70. The number of esters is 2. The van der Waals surface area contributed by atoms with Crippen LogP contribution >= 0.6 is 8.09 Å². The third-order valence-electron chi connectivity index (χ3n) is 4.18. The summed E-state index contributed by atoms with van der Waals surface area (Å²) in [6.07, 6.45) is -1.01. The van der Waals surface area contributed by atoms with Crippen LogP contribution in [0.3, 0.4) is 0 Å². The monoisotopic (exact) mass is 410 g/mol. The van der Waals surface area contributed by atoms with Gasteiger partial charge in [0.05, 0.1) is 0 Å². The summed E-state index contributed by atoms with van der Waals surface area (Å²) in [6.45, 7) is 7.18. The number of carbonyl (C=O) groups excluding carboxylic acids is 3. The molecule has 0 spiro atoms. The van der Waals surface area contributed by atoms with Gasteiger partial charge in [0, 0.05) is 0 Å². The first kappa shape index (κ1) is 23.7. The number of hydrogen-bond acceptors (Lipinski definition) is 9. The summed E-state index contributed by atoms with van der Waals surface area (Å²) in [5, 5.41) is 5.30. The van der Waals surface area contributed by atoms with Gasteiger partial charge in [0.2, 0.25) is 0 Å². The quantitative estimate of drug-likeness (QED) is 0.382. The van der Waals surface area contributed by atoms with Crippen molar-refractivity contribution >= 4 is 25.9 Å². The molecule has 1 rings (SSSR count). The van der Waals surface area contributed by atoms with E-state index < -0.39 is 43.5 Å². The van der Waals surface area contributed by atoms with E-state index in [-0.39, 0.29) is 25.5 Å². The SMILES string of the molecule is COC(=O)CCNC(=O)[C@@H]1O[PH](O)(N[C@H](C(=O)OC)C(C)C)OCC1(C)C. The first-order chi connectivity index (χ1) is 12.5. The van der Waals surface area contributed by atoms with Crippen molar-refractivity contribution in [2.24, 2.45) is 11.3 Å². The Hall–Kier alpha value is -1.32. The normalized spacial score (nSPS) is 23.2. The van der Waals surface area contributed by atoms with Gasteiger partial charge < -0.3 is 0 Å². The zero-order valence-corrected chi connectivity index (χ0v) is 17.7. The molecule has 1 heterocycles. The van der Waals surface area contributed by atoms with Gasteiger partial charge in [0.25, 0.3) is 0 Å². The van der Waals surface area contributed by atoms with Gasteiger partial charge >= 0.3 is 159 Å². The molecule has 0 saturated carbocycles. The van der Waals surface area contributed by atoms with Gasteiger partial charge in [-0.05, 0) is 0 Å². The third kappa shape index (κ3) is 6.65. The Bertz CT molecular complexity index is 557. The molecule has 10 nitrogen and oxygen atoms in total. The van der Waals surface area contributed by atoms with E-state index in [2.05, 4.69) is 15.1 Å². The van der Waals surface area contributed by atoms with Crippen molar-refractivity contribution in [3.05, 3.63) is 0 Å². The van der Waals surface area contributed by atoms with Gasteiger partial charge in [-0.1, -0.05) is 0 Å². The predicted molar refractivity (Wildman–Crippen MR) is 98.6 cm³/mol. The molecule has 158 valence electrons. The van der Waals surface area contributed by atoms with Crippen LogP contribution in [0.25, 0.3) is 0 Å². The number of hydrogen-bond donors (Lipinski definition) is 3. The molecular weight excluding hydrogens is 379 g/mol. The molecule has 11 heteroatoms. The van der Waals surface area contributed by atoms with Gasteiger partial charge in [-0.15, -0.1) is 0 Å². The van der Waals surface area contributed by atoms with Gasteiger partial charge in [-0.2, -0.15) is 0 Å². The Balaban J connectivity index is 2.84. The summed E-state index contributed by atoms with van der Waals surface area (Å²) >= 11 is 0. The van der Waals surface area contributed by atoms with E-state index in [1.165, 1.54) is 14.2 Å². The van der Waals surface area contributed by atoms with E-state index in [0.29, 0.717) is 0 Å². The second-order valence-electron chi connectivity index (χ2n) is 7.36. The molecule has 2 atom stereocenters. The van der Waals surface area contributed by atoms with E-state index in [0.717, 1.165) is 0 Å². The van der Waals surface area contributed by atoms with Crippen molar-refractivity contribution in [3.8, 4) is 0 Å². The fourth-order valence-electron chi connectivity index (χ4n) is 2.50. The molecular formula is C16H31N2O8P. The molecule has 0 unspecified atom stereocenters. The van der Waals surface area contributed by atoms with Gasteiger partial charge in [-0.25, -0.2) is 0 Å². The van der Waals surface area contributed by atoms with E-state index in [1.54, 1.807) is 27.7 Å². The Morgan fingerprint density at radius 3 is 2.41 bits per heavy atom. The molecule has 1 aliphatic heterocycles. The minimum absolute atomic E-state index is 0.0175. The number of rotatable bonds is 8. The van der Waals surface area contributed by atoms with Crippen LogP contribution in [0.4, 0.5) is 0 Å². The minimum atomic E-state index is -4.03. The summed E-state index contributed by atoms with van der Waals surface area (Å²) in [5.74, 6) is -1.71. The summed E-state index contributed by atoms with van der Waals surface area (Å²) in [5.41, 5.74) is -0.727. The van der Waals surface area contributed by atoms with Crippen LogP contribution in [0.2, 0.25) is 0 Å². The van der Waals surface area contributed by atoms with Crippen LogP contribution in [0.15, 0.2) is 0 Å². The van der Waals surface area contributed by atoms with Crippen LogP contribution in [0, 0.1) is 11.3 Å². The fourth-order valence-corrected chi connectivity index (χ4v) is 4.88. The average molecular weight is 410 g/mol. The summed E-state index contributed by atoms with van der Waals surface area (Å²) in [7, 11) is -1.52. The van der Waals surface area contributed by atoms with Crippen LogP contribution in [-0.4, -0.2) is 62.3 Å². The molecule has 0 aliphatic carbocycles. The molecule has 0 aromatic rings. The first-order valence-corrected chi connectivity index (χ1v) is 10.5. The molecule has 27 heavy (non-hydrogen) atoms. The maximum absolute atomic E-state index is 12.5. The zero-order valence-electron chi connectivity index (χ0n) is 16.7. The molecule has 1 aliphatic rings. The molecule has 0 radical (unpaired) electrons. The van der Waals surface area contributed by atoms with Gasteiger partial charge in [-0.3, -0.25) is 0 Å². The van der Waals surface area contributed by atoms with E-state index in [9.17, 15) is 19.3 Å². The Morgan fingerprint density at radius 1 is 1.26 bits per heavy atom. The van der Waals surface area contributed by atoms with Gasteiger partial charge in [0.1, 0.15) is 0 Å². The van der Waals surface area contributed by atoms with E-state index >= 15 is 0 Å². The van der Waals surface area contributed by atoms with Crippen molar-refractivity contribution in [2.45, 2.75) is 46.3 Å². The predicted octanol–water partition coefficient (Wildman–Crippen LogP) is 0.297. The summed E-state index contributed by atoms with van der Waals surface area (Å²) in [4.78, 5) is 46.4. The molecule has 1 amide bonds. The molecule has 0 bridgehead atoms. The van der Waals surface area contributed by atoms with Gasteiger partial charge in [0.15, 0.2) is 0 Å². The summed E-state index contributed by atoms with van der Waals surface area (Å²) in [6, 6.07) is -0.851. The molecule has 3 N–H and O–H groups in total. The summed E-state index contributed by atoms with van der Waals surface area (Å²) < 4.78 is 20.4. The standard InChI is InChI=1S/C16H31N2O8P/c1-10(2)12(15(21)24-6)18-27(22)25-9-16(3,4)13(26-27)14(20)17-8-7-11(19)23-5/h10,12-13,18,22,27H,7-9H2,1-6H3,(H,17,20)/t12-,13-/m0/s1. The Kier molecular flexibility index (Phi) is 8.56. The number of amides is 1. The number of methoxy groups -OCH3 is 2. The van der Waals surface area contributed by atoms with Crippen LogP contribution in [0.1, 0.15) is 34.1 Å². The van der Waals surface area contributed by atoms with Crippen molar-refractivity contribution < 1.29 is 37.8 Å². The number of nitrogens with one attached hydrogen (secondary N) is 2. The Labute approximate surface area is 159 Å². The molecule has 0 aromatic carbocycles. The molecule has 1 saturated heterocycles. The van der Waals surface area contributed by atoms with Crippen LogP contribution in [0.5, 0.6) is 0 Å². The van der Waals surface area contributed by atoms with Crippen molar-refractivity contribution in [1.82, 2.24) is 10.4 Å². The second kappa shape index (κ2) is 9.75. The number of carbonyl (C=O) groups is 3. The van der Waals surface area contributed by atoms with Crippen molar-refractivity contribution in [1.29, 1.82) is 0 Å². The fraction of sp³-hybridized carbons (Fsp3) is 0.812. The second-order valence-corrected chi connectivity index (χ2v) is 9.34.